The van der Waals surface area contributed by atoms with E-state index in [0.717, 1.165) is 22.0 Å². The van der Waals surface area contributed by atoms with E-state index in [9.17, 15) is 0 Å². The number of nitrogens with two attached hydrogens (primary N) is 1. The molecular formula is C12H15N3S. The number of hydrogen-bond acceptors (Lipinski definition) is 4. The highest BCUT2D eigenvalue weighted by Crippen LogP contribution is 2.26. The molecule has 84 valence electrons. The zero-order chi connectivity index (χ0) is 11.5. The molecule has 0 atom stereocenters. The first-order valence-corrected chi connectivity index (χ1v) is 6.20. The third-order valence-electron chi connectivity index (χ3n) is 2.37. The first-order valence-electron chi connectivity index (χ1n) is 5.32. The molecule has 2 aromatic rings. The van der Waals surface area contributed by atoms with E-state index in [1.807, 2.05) is 17.6 Å². The van der Waals surface area contributed by atoms with Crippen molar-refractivity contribution in [2.24, 2.45) is 5.73 Å². The van der Waals surface area contributed by atoms with E-state index in [-0.39, 0.29) is 0 Å². The van der Waals surface area contributed by atoms with Gasteiger partial charge in [0.15, 0.2) is 0 Å². The Kier molecular flexibility index (Phi) is 3.31. The van der Waals surface area contributed by atoms with E-state index < -0.39 is 0 Å². The lowest BCUT2D eigenvalue weighted by atomic mass is 10.1. The molecule has 2 N–H and O–H groups in total. The summed E-state index contributed by atoms with van der Waals surface area (Å²) in [5.74, 6) is 1.21. The van der Waals surface area contributed by atoms with Crippen molar-refractivity contribution >= 4 is 11.3 Å². The van der Waals surface area contributed by atoms with Gasteiger partial charge in [0.1, 0.15) is 5.82 Å². The standard InChI is InChI=1S/C12H15N3S/c1-8(2)12-14-7-9(6-13)11(15-12)10-4-3-5-16-10/h3-5,7-8H,6,13H2,1-2H3. The Labute approximate surface area is 99.4 Å². The minimum Gasteiger partial charge on any atom is -0.326 e. The Morgan fingerprint density at radius 1 is 1.44 bits per heavy atom. The summed E-state index contributed by atoms with van der Waals surface area (Å²) in [7, 11) is 0. The molecule has 4 heteroatoms. The minimum absolute atomic E-state index is 0.338. The van der Waals surface area contributed by atoms with E-state index in [4.69, 9.17) is 5.73 Å². The van der Waals surface area contributed by atoms with Gasteiger partial charge in [-0.1, -0.05) is 19.9 Å². The minimum atomic E-state index is 0.338. The number of thiophene rings is 1. The molecule has 0 spiro atoms. The maximum absolute atomic E-state index is 5.71. The van der Waals surface area contributed by atoms with Gasteiger partial charge in [0.05, 0.1) is 10.6 Å². The average molecular weight is 233 g/mol. The van der Waals surface area contributed by atoms with Crippen LogP contribution in [0, 0.1) is 0 Å². The molecule has 0 aromatic carbocycles. The summed E-state index contributed by atoms with van der Waals surface area (Å²) in [5, 5.41) is 2.05. The Morgan fingerprint density at radius 2 is 2.25 bits per heavy atom. The van der Waals surface area contributed by atoms with Crippen LogP contribution >= 0.6 is 11.3 Å². The fraction of sp³-hybridized carbons (Fsp3) is 0.333. The molecule has 0 aliphatic rings. The second kappa shape index (κ2) is 4.72. The first kappa shape index (κ1) is 11.2. The lowest BCUT2D eigenvalue weighted by molar-refractivity contribution is 0.770. The molecule has 0 fully saturated rings. The van der Waals surface area contributed by atoms with E-state index in [1.165, 1.54) is 0 Å². The monoisotopic (exact) mass is 233 g/mol. The summed E-state index contributed by atoms with van der Waals surface area (Å²) in [6.07, 6.45) is 1.84. The molecular weight excluding hydrogens is 218 g/mol. The van der Waals surface area contributed by atoms with Crippen molar-refractivity contribution in [1.29, 1.82) is 0 Å². The maximum Gasteiger partial charge on any atom is 0.131 e. The van der Waals surface area contributed by atoms with Crippen molar-refractivity contribution < 1.29 is 0 Å². The van der Waals surface area contributed by atoms with Crippen LogP contribution in [0.5, 0.6) is 0 Å². The van der Waals surface area contributed by atoms with Crippen LogP contribution in [0.25, 0.3) is 10.6 Å². The molecule has 0 saturated heterocycles. The van der Waals surface area contributed by atoms with Gasteiger partial charge >= 0.3 is 0 Å². The van der Waals surface area contributed by atoms with Gasteiger partial charge in [-0.05, 0) is 11.4 Å². The molecule has 0 bridgehead atoms. The molecule has 0 aliphatic carbocycles. The highest BCUT2D eigenvalue weighted by molar-refractivity contribution is 7.13. The summed E-state index contributed by atoms with van der Waals surface area (Å²) in [4.78, 5) is 10.1. The van der Waals surface area contributed by atoms with Crippen molar-refractivity contribution in [3.05, 3.63) is 35.1 Å². The fourth-order valence-corrected chi connectivity index (χ4v) is 2.22. The smallest absolute Gasteiger partial charge is 0.131 e. The first-order chi connectivity index (χ1) is 7.72. The number of nitrogens with zero attached hydrogens (tertiary/aromatic N) is 2. The zero-order valence-corrected chi connectivity index (χ0v) is 10.3. The van der Waals surface area contributed by atoms with Crippen molar-refractivity contribution in [2.75, 3.05) is 0 Å². The lowest BCUT2D eigenvalue weighted by Crippen LogP contribution is -2.05. The normalized spacial score (nSPS) is 11.0. The molecule has 2 heterocycles. The predicted molar refractivity (Wildman–Crippen MR) is 67.3 cm³/mol. The Morgan fingerprint density at radius 3 is 2.81 bits per heavy atom. The van der Waals surface area contributed by atoms with Crippen LogP contribution in [0.3, 0.4) is 0 Å². The summed E-state index contributed by atoms with van der Waals surface area (Å²) in [5.41, 5.74) is 7.70. The quantitative estimate of drug-likeness (QED) is 0.887. The molecule has 0 saturated carbocycles. The van der Waals surface area contributed by atoms with Crippen LogP contribution in [0.1, 0.15) is 31.2 Å². The summed E-state index contributed by atoms with van der Waals surface area (Å²) in [6.45, 7) is 4.66. The van der Waals surface area contributed by atoms with Gasteiger partial charge in [0.25, 0.3) is 0 Å². The zero-order valence-electron chi connectivity index (χ0n) is 9.47. The Bertz CT molecular complexity index is 463. The topological polar surface area (TPSA) is 51.8 Å². The molecule has 0 amide bonds. The van der Waals surface area contributed by atoms with E-state index in [2.05, 4.69) is 29.9 Å². The van der Waals surface area contributed by atoms with Gasteiger partial charge in [0.2, 0.25) is 0 Å². The summed E-state index contributed by atoms with van der Waals surface area (Å²) < 4.78 is 0. The number of hydrogen-bond donors (Lipinski definition) is 1. The van der Waals surface area contributed by atoms with Gasteiger partial charge in [-0.15, -0.1) is 11.3 Å². The number of aromatic nitrogens is 2. The van der Waals surface area contributed by atoms with Crippen molar-refractivity contribution in [1.82, 2.24) is 9.97 Å². The third kappa shape index (κ3) is 2.13. The van der Waals surface area contributed by atoms with E-state index in [0.29, 0.717) is 12.5 Å². The summed E-state index contributed by atoms with van der Waals surface area (Å²) in [6, 6.07) is 4.09. The fourth-order valence-electron chi connectivity index (χ4n) is 1.47. The highest BCUT2D eigenvalue weighted by atomic mass is 32.1. The maximum atomic E-state index is 5.71. The predicted octanol–water partition coefficient (Wildman–Crippen LogP) is 2.79. The lowest BCUT2D eigenvalue weighted by Gasteiger charge is -2.09. The van der Waals surface area contributed by atoms with Crippen LogP contribution in [0.2, 0.25) is 0 Å². The molecule has 3 nitrogen and oxygen atoms in total. The van der Waals surface area contributed by atoms with Gasteiger partial charge in [-0.3, -0.25) is 0 Å². The van der Waals surface area contributed by atoms with Gasteiger partial charge in [-0.2, -0.15) is 0 Å². The third-order valence-corrected chi connectivity index (χ3v) is 3.25. The van der Waals surface area contributed by atoms with Crippen LogP contribution < -0.4 is 5.73 Å². The number of rotatable bonds is 3. The van der Waals surface area contributed by atoms with Gasteiger partial charge in [0, 0.05) is 24.2 Å². The highest BCUT2D eigenvalue weighted by Gasteiger charge is 2.11. The molecule has 2 aromatic heterocycles. The summed E-state index contributed by atoms with van der Waals surface area (Å²) >= 11 is 1.68. The van der Waals surface area contributed by atoms with Gasteiger partial charge < -0.3 is 5.73 Å². The largest absolute Gasteiger partial charge is 0.326 e. The van der Waals surface area contributed by atoms with Crippen LogP contribution in [0.4, 0.5) is 0 Å². The van der Waals surface area contributed by atoms with Crippen LogP contribution in [-0.4, -0.2) is 9.97 Å². The van der Waals surface area contributed by atoms with Crippen molar-refractivity contribution in [2.45, 2.75) is 26.3 Å². The SMILES string of the molecule is CC(C)c1ncc(CN)c(-c2cccs2)n1. The Hall–Kier alpha value is -1.26. The average Bonchev–Trinajstić information content (AvgIpc) is 2.81. The molecule has 0 radical (unpaired) electrons. The van der Waals surface area contributed by atoms with Crippen molar-refractivity contribution in [3.63, 3.8) is 0 Å². The van der Waals surface area contributed by atoms with Gasteiger partial charge in [-0.25, -0.2) is 9.97 Å². The molecule has 0 aliphatic heterocycles. The van der Waals surface area contributed by atoms with Crippen LogP contribution in [-0.2, 0) is 6.54 Å². The Balaban J connectivity index is 2.52. The second-order valence-electron chi connectivity index (χ2n) is 3.94. The molecule has 2 rings (SSSR count). The van der Waals surface area contributed by atoms with Crippen LogP contribution in [0.15, 0.2) is 23.7 Å². The molecule has 16 heavy (non-hydrogen) atoms. The van der Waals surface area contributed by atoms with E-state index in [1.54, 1.807) is 11.3 Å². The second-order valence-corrected chi connectivity index (χ2v) is 4.89. The van der Waals surface area contributed by atoms with Crippen molar-refractivity contribution in [3.8, 4) is 10.6 Å². The molecule has 0 unspecified atom stereocenters. The van der Waals surface area contributed by atoms with E-state index >= 15 is 0 Å².